The number of nitrogens with one attached hydrogen (secondary N) is 1. The van der Waals surface area contributed by atoms with Gasteiger partial charge in [-0.3, -0.25) is 4.99 Å². The van der Waals surface area contributed by atoms with Crippen LogP contribution in [0.2, 0.25) is 0 Å². The topological polar surface area (TPSA) is 36.9 Å². The van der Waals surface area contributed by atoms with Crippen LogP contribution in [-0.2, 0) is 4.74 Å². The molecule has 0 spiro atoms. The van der Waals surface area contributed by atoms with Crippen molar-refractivity contribution in [3.05, 3.63) is 35.4 Å². The maximum absolute atomic E-state index is 6.11. The summed E-state index contributed by atoms with van der Waals surface area (Å²) in [7, 11) is 0. The highest BCUT2D eigenvalue weighted by Gasteiger charge is 2.53. The maximum atomic E-state index is 6.11. The quantitative estimate of drug-likeness (QED) is 0.675. The van der Waals surface area contributed by atoms with Crippen molar-refractivity contribution in [1.29, 1.82) is 0 Å². The van der Waals surface area contributed by atoms with Gasteiger partial charge >= 0.3 is 0 Å². The Hall–Kier alpha value is -1.55. The molecule has 1 aromatic rings. The third-order valence-corrected chi connectivity index (χ3v) is 6.25. The molecule has 1 aromatic carbocycles. The summed E-state index contributed by atoms with van der Waals surface area (Å²) in [5.41, 5.74) is 2.68. The molecule has 5 atom stereocenters. The number of benzene rings is 1. The molecule has 0 saturated carbocycles. The van der Waals surface area contributed by atoms with Gasteiger partial charge in [0.2, 0.25) is 0 Å². The van der Waals surface area contributed by atoms with Crippen LogP contribution in [0, 0.1) is 18.8 Å². The Morgan fingerprint density at radius 2 is 1.84 bits per heavy atom. The number of aryl methyl sites for hydroxylation is 1. The van der Waals surface area contributed by atoms with Crippen LogP contribution in [0.4, 0.5) is 0 Å². The highest BCUT2D eigenvalue weighted by molar-refractivity contribution is 5.80. The van der Waals surface area contributed by atoms with Gasteiger partial charge < -0.3 is 15.0 Å². The lowest BCUT2D eigenvalue weighted by atomic mass is 9.82. The van der Waals surface area contributed by atoms with Crippen molar-refractivity contribution >= 4 is 5.96 Å². The van der Waals surface area contributed by atoms with Gasteiger partial charge in [-0.2, -0.15) is 0 Å². The lowest BCUT2D eigenvalue weighted by Crippen LogP contribution is -2.41. The minimum atomic E-state index is 0.441. The smallest absolute Gasteiger partial charge is 0.193 e. The number of hydrogen-bond acceptors (Lipinski definition) is 2. The van der Waals surface area contributed by atoms with Crippen LogP contribution in [0.3, 0.4) is 0 Å². The lowest BCUT2D eigenvalue weighted by molar-refractivity contribution is 0.0767. The zero-order valence-corrected chi connectivity index (χ0v) is 15.7. The second-order valence-electron chi connectivity index (χ2n) is 8.03. The fourth-order valence-corrected chi connectivity index (χ4v) is 4.78. The predicted molar refractivity (Wildman–Crippen MR) is 102 cm³/mol. The highest BCUT2D eigenvalue weighted by Crippen LogP contribution is 2.47. The summed E-state index contributed by atoms with van der Waals surface area (Å²) >= 11 is 0. The summed E-state index contributed by atoms with van der Waals surface area (Å²) in [5.74, 6) is 2.97. The van der Waals surface area contributed by atoms with Crippen molar-refractivity contribution in [2.24, 2.45) is 16.8 Å². The molecular weight excluding hydrogens is 310 g/mol. The number of aliphatic imine (C=N–C) groups is 1. The van der Waals surface area contributed by atoms with Gasteiger partial charge in [-0.05, 0) is 32.3 Å². The van der Waals surface area contributed by atoms with E-state index in [1.807, 2.05) is 0 Å². The molecule has 4 nitrogen and oxygen atoms in total. The van der Waals surface area contributed by atoms with Gasteiger partial charge in [0, 0.05) is 43.9 Å². The fraction of sp³-hybridized carbons (Fsp3) is 0.667. The van der Waals surface area contributed by atoms with E-state index < -0.39 is 0 Å². The monoisotopic (exact) mass is 341 g/mol. The number of fused-ring (bicyclic) bond motifs is 5. The van der Waals surface area contributed by atoms with Gasteiger partial charge in [0.25, 0.3) is 0 Å². The third kappa shape index (κ3) is 3.29. The molecule has 3 fully saturated rings. The first-order chi connectivity index (χ1) is 12.2. The summed E-state index contributed by atoms with van der Waals surface area (Å²) in [5, 5.41) is 3.51. The SMILES string of the molecule is CCNC(=NCC(C)c1ccc(C)cc1)N1CC2C3CCC(O3)C2C1. The van der Waals surface area contributed by atoms with E-state index in [9.17, 15) is 0 Å². The van der Waals surface area contributed by atoms with Crippen molar-refractivity contribution in [1.82, 2.24) is 10.2 Å². The van der Waals surface area contributed by atoms with Gasteiger partial charge in [0.05, 0.1) is 12.2 Å². The Kier molecular flexibility index (Phi) is 4.72. The normalized spacial score (nSPS) is 32.1. The van der Waals surface area contributed by atoms with E-state index >= 15 is 0 Å². The van der Waals surface area contributed by atoms with Crippen LogP contribution in [0.15, 0.2) is 29.3 Å². The van der Waals surface area contributed by atoms with Crippen molar-refractivity contribution < 1.29 is 4.74 Å². The number of rotatable bonds is 4. The molecule has 3 saturated heterocycles. The van der Waals surface area contributed by atoms with E-state index in [0.717, 1.165) is 44.0 Å². The zero-order valence-electron chi connectivity index (χ0n) is 15.7. The largest absolute Gasteiger partial charge is 0.374 e. The Balaban J connectivity index is 1.42. The van der Waals surface area contributed by atoms with E-state index in [1.165, 1.54) is 24.0 Å². The standard InChI is InChI=1S/C21H31N3O/c1-4-22-21(23-11-15(3)16-7-5-14(2)6-8-16)24-12-17-18(13-24)20-10-9-19(17)25-20/h5-8,15,17-20H,4,9-13H2,1-3H3,(H,22,23). The van der Waals surface area contributed by atoms with Crippen LogP contribution in [0.5, 0.6) is 0 Å². The van der Waals surface area contributed by atoms with E-state index in [0.29, 0.717) is 18.1 Å². The van der Waals surface area contributed by atoms with E-state index in [2.05, 4.69) is 55.3 Å². The van der Waals surface area contributed by atoms with Gasteiger partial charge in [0.15, 0.2) is 5.96 Å². The predicted octanol–water partition coefficient (Wildman–Crippen LogP) is 3.17. The van der Waals surface area contributed by atoms with Crippen LogP contribution < -0.4 is 5.32 Å². The summed E-state index contributed by atoms with van der Waals surface area (Å²) in [4.78, 5) is 7.46. The Labute approximate surface area is 151 Å². The summed E-state index contributed by atoms with van der Waals surface area (Å²) in [6.45, 7) is 10.5. The van der Waals surface area contributed by atoms with Crippen LogP contribution in [-0.4, -0.2) is 49.2 Å². The molecule has 0 aliphatic carbocycles. The number of nitrogens with zero attached hydrogens (tertiary/aromatic N) is 2. The molecule has 0 radical (unpaired) electrons. The Morgan fingerprint density at radius 1 is 1.20 bits per heavy atom. The van der Waals surface area contributed by atoms with Crippen LogP contribution in [0.1, 0.15) is 43.7 Å². The molecule has 25 heavy (non-hydrogen) atoms. The first-order valence-electron chi connectivity index (χ1n) is 9.91. The molecule has 0 amide bonds. The molecule has 3 aliphatic heterocycles. The maximum Gasteiger partial charge on any atom is 0.193 e. The molecule has 4 heteroatoms. The number of likely N-dealkylation sites (tertiary alicyclic amines) is 1. The zero-order chi connectivity index (χ0) is 17.4. The Morgan fingerprint density at radius 3 is 2.44 bits per heavy atom. The van der Waals surface area contributed by atoms with E-state index in [1.54, 1.807) is 0 Å². The summed E-state index contributed by atoms with van der Waals surface area (Å²) in [6, 6.07) is 8.85. The third-order valence-electron chi connectivity index (χ3n) is 6.25. The summed E-state index contributed by atoms with van der Waals surface area (Å²) < 4.78 is 6.11. The number of ether oxygens (including phenoxy) is 1. The van der Waals surface area contributed by atoms with Gasteiger partial charge in [-0.25, -0.2) is 0 Å². The molecule has 1 N–H and O–H groups in total. The highest BCUT2D eigenvalue weighted by atomic mass is 16.5. The molecule has 2 bridgehead atoms. The minimum Gasteiger partial charge on any atom is -0.374 e. The Bertz CT molecular complexity index is 609. The number of hydrogen-bond donors (Lipinski definition) is 1. The van der Waals surface area contributed by atoms with Crippen molar-refractivity contribution in [2.45, 2.75) is 51.7 Å². The average molecular weight is 341 g/mol. The first-order valence-corrected chi connectivity index (χ1v) is 9.91. The molecule has 0 aromatic heterocycles. The van der Waals surface area contributed by atoms with E-state index in [4.69, 9.17) is 9.73 Å². The van der Waals surface area contributed by atoms with Crippen molar-refractivity contribution in [3.63, 3.8) is 0 Å². The second-order valence-corrected chi connectivity index (χ2v) is 8.03. The molecular formula is C21H31N3O. The molecule has 5 unspecified atom stereocenters. The molecule has 136 valence electrons. The van der Waals surface area contributed by atoms with Crippen molar-refractivity contribution in [3.8, 4) is 0 Å². The van der Waals surface area contributed by atoms with E-state index in [-0.39, 0.29) is 0 Å². The van der Waals surface area contributed by atoms with Gasteiger partial charge in [0.1, 0.15) is 0 Å². The van der Waals surface area contributed by atoms with Crippen molar-refractivity contribution in [2.75, 3.05) is 26.2 Å². The van der Waals surface area contributed by atoms with Gasteiger partial charge in [-0.15, -0.1) is 0 Å². The lowest BCUT2D eigenvalue weighted by Gasteiger charge is -2.24. The van der Waals surface area contributed by atoms with Crippen LogP contribution >= 0.6 is 0 Å². The van der Waals surface area contributed by atoms with Crippen LogP contribution in [0.25, 0.3) is 0 Å². The fourth-order valence-electron chi connectivity index (χ4n) is 4.78. The number of guanidine groups is 1. The van der Waals surface area contributed by atoms with Gasteiger partial charge in [-0.1, -0.05) is 36.8 Å². The molecule has 3 heterocycles. The molecule has 4 rings (SSSR count). The first kappa shape index (κ1) is 16.9. The minimum absolute atomic E-state index is 0.441. The summed E-state index contributed by atoms with van der Waals surface area (Å²) in [6.07, 6.45) is 3.54. The molecule has 3 aliphatic rings. The second kappa shape index (κ2) is 6.99. The average Bonchev–Trinajstić information content (AvgIpc) is 3.31.